The number of hydrogen-bond donors (Lipinski definition) is 0. The van der Waals surface area contributed by atoms with Crippen LogP contribution in [0, 0.1) is 11.8 Å². The van der Waals surface area contributed by atoms with Gasteiger partial charge in [0.05, 0.1) is 7.11 Å². The Morgan fingerprint density at radius 1 is 1.58 bits per heavy atom. The van der Waals surface area contributed by atoms with E-state index in [4.69, 9.17) is 0 Å². The highest BCUT2D eigenvalue weighted by molar-refractivity contribution is 5.88. The van der Waals surface area contributed by atoms with Crippen LogP contribution in [0.4, 0.5) is 0 Å². The second-order valence-electron chi connectivity index (χ2n) is 1.96. The molecule has 0 amide bonds. The molecule has 0 N–H and O–H groups in total. The fourth-order valence-corrected chi connectivity index (χ4v) is 0.603. The number of ether oxygens (including phenoxy) is 1. The standard InChI is InChI=1S/C9H7NO2/c1-12-9(11)6-5-8-4-2-3-7-10-8/h2-4,7H,1H3. The Labute approximate surface area is 70.4 Å². The second-order valence-corrected chi connectivity index (χ2v) is 1.96. The van der Waals surface area contributed by atoms with E-state index in [1.165, 1.54) is 7.11 Å². The van der Waals surface area contributed by atoms with Crippen LogP contribution in [0.3, 0.4) is 0 Å². The number of rotatable bonds is 0. The highest BCUT2D eigenvalue weighted by atomic mass is 16.5. The first-order valence-electron chi connectivity index (χ1n) is 3.34. The molecule has 60 valence electrons. The highest BCUT2D eigenvalue weighted by Gasteiger charge is 1.89. The van der Waals surface area contributed by atoms with Crippen LogP contribution in [-0.4, -0.2) is 18.1 Å². The normalized spacial score (nSPS) is 8.08. The van der Waals surface area contributed by atoms with E-state index in [-0.39, 0.29) is 0 Å². The number of aromatic nitrogens is 1. The monoisotopic (exact) mass is 161 g/mol. The van der Waals surface area contributed by atoms with Crippen LogP contribution in [0.25, 0.3) is 0 Å². The molecule has 0 saturated carbocycles. The van der Waals surface area contributed by atoms with Gasteiger partial charge in [-0.1, -0.05) is 6.07 Å². The van der Waals surface area contributed by atoms with E-state index in [2.05, 4.69) is 21.6 Å². The zero-order valence-electron chi connectivity index (χ0n) is 6.57. The topological polar surface area (TPSA) is 39.2 Å². The molecule has 1 rings (SSSR count). The predicted octanol–water partition coefficient (Wildman–Crippen LogP) is 0.606. The van der Waals surface area contributed by atoms with Crippen molar-refractivity contribution in [3.05, 3.63) is 30.1 Å². The summed E-state index contributed by atoms with van der Waals surface area (Å²) in [6.45, 7) is 0. The molecule has 0 atom stereocenters. The van der Waals surface area contributed by atoms with Crippen molar-refractivity contribution >= 4 is 5.97 Å². The maximum absolute atomic E-state index is 10.6. The Kier molecular flexibility index (Phi) is 2.86. The van der Waals surface area contributed by atoms with Gasteiger partial charge in [-0.25, -0.2) is 9.78 Å². The molecule has 3 nitrogen and oxygen atoms in total. The summed E-state index contributed by atoms with van der Waals surface area (Å²) in [6, 6.07) is 5.30. The van der Waals surface area contributed by atoms with Gasteiger partial charge in [0.15, 0.2) is 0 Å². The number of pyridine rings is 1. The number of carbonyl (C=O) groups excluding carboxylic acids is 1. The van der Waals surface area contributed by atoms with Crippen LogP contribution < -0.4 is 0 Å². The summed E-state index contributed by atoms with van der Waals surface area (Å²) >= 11 is 0. The van der Waals surface area contributed by atoms with Crippen LogP contribution in [0.15, 0.2) is 24.4 Å². The van der Waals surface area contributed by atoms with E-state index in [1.807, 2.05) is 0 Å². The van der Waals surface area contributed by atoms with E-state index in [0.717, 1.165) is 0 Å². The molecular weight excluding hydrogens is 154 g/mol. The van der Waals surface area contributed by atoms with Crippen molar-refractivity contribution in [2.75, 3.05) is 7.11 Å². The fraction of sp³-hybridized carbons (Fsp3) is 0.111. The molecule has 0 radical (unpaired) electrons. The molecular formula is C9H7NO2. The number of hydrogen-bond acceptors (Lipinski definition) is 3. The number of nitrogens with zero attached hydrogens (tertiary/aromatic N) is 1. The highest BCUT2D eigenvalue weighted by Crippen LogP contribution is 1.88. The lowest BCUT2D eigenvalue weighted by Gasteiger charge is -1.86. The van der Waals surface area contributed by atoms with E-state index in [9.17, 15) is 4.79 Å². The van der Waals surface area contributed by atoms with Crippen molar-refractivity contribution in [2.24, 2.45) is 0 Å². The number of methoxy groups -OCH3 is 1. The lowest BCUT2D eigenvalue weighted by molar-refractivity contribution is -0.133. The maximum Gasteiger partial charge on any atom is 0.384 e. The molecule has 0 aliphatic rings. The van der Waals surface area contributed by atoms with Gasteiger partial charge in [-0.3, -0.25) is 0 Å². The van der Waals surface area contributed by atoms with Crippen molar-refractivity contribution < 1.29 is 9.53 Å². The smallest absolute Gasteiger partial charge is 0.384 e. The average molecular weight is 161 g/mol. The minimum atomic E-state index is -0.555. The van der Waals surface area contributed by atoms with Gasteiger partial charge in [0, 0.05) is 12.1 Å². The molecule has 0 bridgehead atoms. The van der Waals surface area contributed by atoms with Crippen LogP contribution in [0.5, 0.6) is 0 Å². The molecule has 3 heteroatoms. The van der Waals surface area contributed by atoms with Crippen LogP contribution in [-0.2, 0) is 9.53 Å². The van der Waals surface area contributed by atoms with Gasteiger partial charge in [-0.15, -0.1) is 0 Å². The van der Waals surface area contributed by atoms with E-state index in [0.29, 0.717) is 5.69 Å². The van der Waals surface area contributed by atoms with E-state index >= 15 is 0 Å². The summed E-state index contributed by atoms with van der Waals surface area (Å²) in [4.78, 5) is 14.5. The van der Waals surface area contributed by atoms with Crippen LogP contribution >= 0.6 is 0 Å². The molecule has 0 aromatic carbocycles. The first-order valence-corrected chi connectivity index (χ1v) is 3.34. The predicted molar refractivity (Wildman–Crippen MR) is 43.1 cm³/mol. The Bertz CT molecular complexity index is 321. The quantitative estimate of drug-likeness (QED) is 0.413. The van der Waals surface area contributed by atoms with Crippen molar-refractivity contribution in [3.8, 4) is 11.8 Å². The number of esters is 1. The Hall–Kier alpha value is -1.82. The lowest BCUT2D eigenvalue weighted by Crippen LogP contribution is -1.94. The molecule has 1 aromatic rings. The Balaban J connectivity index is 2.74. The van der Waals surface area contributed by atoms with Gasteiger partial charge in [0.1, 0.15) is 5.69 Å². The molecule has 12 heavy (non-hydrogen) atoms. The molecule has 1 aromatic heterocycles. The largest absolute Gasteiger partial charge is 0.459 e. The third-order valence-electron chi connectivity index (χ3n) is 1.14. The van der Waals surface area contributed by atoms with Crippen molar-refractivity contribution in [1.29, 1.82) is 0 Å². The van der Waals surface area contributed by atoms with Crippen molar-refractivity contribution in [1.82, 2.24) is 4.98 Å². The lowest BCUT2D eigenvalue weighted by atomic mass is 10.3. The fourth-order valence-electron chi connectivity index (χ4n) is 0.603. The van der Waals surface area contributed by atoms with Crippen LogP contribution in [0.2, 0.25) is 0 Å². The molecule has 0 unspecified atom stereocenters. The van der Waals surface area contributed by atoms with Gasteiger partial charge >= 0.3 is 5.97 Å². The molecule has 0 spiro atoms. The van der Waals surface area contributed by atoms with Gasteiger partial charge in [0.25, 0.3) is 0 Å². The molecule has 0 aliphatic heterocycles. The van der Waals surface area contributed by atoms with E-state index < -0.39 is 5.97 Å². The van der Waals surface area contributed by atoms with Crippen LogP contribution in [0.1, 0.15) is 5.69 Å². The third-order valence-corrected chi connectivity index (χ3v) is 1.14. The molecule has 0 aliphatic carbocycles. The average Bonchev–Trinajstić information content (AvgIpc) is 2.16. The summed E-state index contributed by atoms with van der Waals surface area (Å²) in [7, 11) is 1.29. The first-order chi connectivity index (χ1) is 5.83. The van der Waals surface area contributed by atoms with Gasteiger partial charge < -0.3 is 4.74 Å². The molecule has 1 heterocycles. The zero-order chi connectivity index (χ0) is 8.81. The van der Waals surface area contributed by atoms with Gasteiger partial charge in [0.2, 0.25) is 0 Å². The van der Waals surface area contributed by atoms with Crippen molar-refractivity contribution in [2.45, 2.75) is 0 Å². The van der Waals surface area contributed by atoms with Gasteiger partial charge in [-0.2, -0.15) is 0 Å². The summed E-state index contributed by atoms with van der Waals surface area (Å²) in [5.41, 5.74) is 0.558. The second kappa shape index (κ2) is 4.14. The minimum Gasteiger partial charge on any atom is -0.459 e. The minimum absolute atomic E-state index is 0.555. The number of carbonyl (C=O) groups is 1. The molecule has 0 fully saturated rings. The van der Waals surface area contributed by atoms with Gasteiger partial charge in [-0.05, 0) is 18.1 Å². The molecule has 0 saturated heterocycles. The maximum atomic E-state index is 10.6. The summed E-state index contributed by atoms with van der Waals surface area (Å²) in [5.74, 6) is 4.28. The summed E-state index contributed by atoms with van der Waals surface area (Å²) in [6.07, 6.45) is 1.61. The first kappa shape index (κ1) is 8.28. The third kappa shape index (κ3) is 2.43. The Morgan fingerprint density at radius 3 is 3.00 bits per heavy atom. The summed E-state index contributed by atoms with van der Waals surface area (Å²) < 4.78 is 4.33. The zero-order valence-corrected chi connectivity index (χ0v) is 6.57. The van der Waals surface area contributed by atoms with E-state index in [1.54, 1.807) is 24.4 Å². The van der Waals surface area contributed by atoms with Crippen molar-refractivity contribution in [3.63, 3.8) is 0 Å². The summed E-state index contributed by atoms with van der Waals surface area (Å²) in [5, 5.41) is 0. The Morgan fingerprint density at radius 2 is 2.42 bits per heavy atom. The SMILES string of the molecule is COC(=O)C#Cc1ccccn1.